The lowest BCUT2D eigenvalue weighted by Gasteiger charge is -2.15. The van der Waals surface area contributed by atoms with Crippen molar-refractivity contribution in [3.8, 4) is 17.2 Å². The number of hydrogen-bond donors (Lipinski definition) is 4. The molecule has 0 fully saturated rings. The minimum Gasteiger partial charge on any atom is -0.493 e. The molecule has 0 aliphatic heterocycles. The molecule has 0 saturated carbocycles. The summed E-state index contributed by atoms with van der Waals surface area (Å²) in [6, 6.07) is 11.0. The maximum absolute atomic E-state index is 11.0. The number of primary amides is 1. The van der Waals surface area contributed by atoms with Crippen LogP contribution in [0.2, 0.25) is 0 Å². The van der Waals surface area contributed by atoms with Gasteiger partial charge in [-0.1, -0.05) is 0 Å². The third kappa shape index (κ3) is 7.68. The smallest absolute Gasteiger partial charge is 0.332 e. The topological polar surface area (TPSA) is 145 Å². The Hall–Kier alpha value is -3.79. The fraction of sp³-hybridized carbons (Fsp3) is 0.250. The number of hydrogen-bond acceptors (Lipinski definition) is 7. The molecule has 0 aromatic heterocycles. The Morgan fingerprint density at radius 3 is 2.47 bits per heavy atom. The maximum atomic E-state index is 11.0. The van der Waals surface area contributed by atoms with Crippen molar-refractivity contribution in [1.82, 2.24) is 5.43 Å². The number of carbonyl (C=O) groups is 2. The number of ether oxygens (including phenoxy) is 3. The van der Waals surface area contributed by atoms with Crippen LogP contribution in [0.25, 0.3) is 0 Å². The molecule has 0 aliphatic carbocycles. The van der Waals surface area contributed by atoms with Crippen LogP contribution in [0, 0.1) is 0 Å². The van der Waals surface area contributed by atoms with Crippen molar-refractivity contribution < 1.29 is 28.9 Å². The number of benzene rings is 2. The molecule has 2 aromatic rings. The SMILES string of the molecule is COc1cc(/C=N\NC(N)=O)ccc1OC[C@@H](O)COc1ccc(NC(C)=O)cc1. The number of aliphatic hydroxyl groups excluding tert-OH is 1. The molecular weight excluding hydrogens is 392 g/mol. The quantitative estimate of drug-likeness (QED) is 0.341. The Labute approximate surface area is 173 Å². The summed E-state index contributed by atoms with van der Waals surface area (Å²) in [5.41, 5.74) is 8.34. The summed E-state index contributed by atoms with van der Waals surface area (Å²) in [6.45, 7) is 1.43. The molecule has 1 atom stereocenters. The number of methoxy groups -OCH3 is 1. The van der Waals surface area contributed by atoms with E-state index in [0.717, 1.165) is 0 Å². The van der Waals surface area contributed by atoms with Gasteiger partial charge in [0.15, 0.2) is 11.5 Å². The molecular formula is C20H24N4O6. The highest BCUT2D eigenvalue weighted by molar-refractivity contribution is 5.88. The summed E-state index contributed by atoms with van der Waals surface area (Å²) in [4.78, 5) is 21.6. The van der Waals surface area contributed by atoms with Crippen LogP contribution in [0.1, 0.15) is 12.5 Å². The molecule has 2 aromatic carbocycles. The second kappa shape index (κ2) is 11.3. The molecule has 160 valence electrons. The highest BCUT2D eigenvalue weighted by atomic mass is 16.5. The summed E-state index contributed by atoms with van der Waals surface area (Å²) in [5, 5.41) is 16.4. The van der Waals surface area contributed by atoms with E-state index >= 15 is 0 Å². The molecule has 0 heterocycles. The highest BCUT2D eigenvalue weighted by Gasteiger charge is 2.10. The minimum absolute atomic E-state index is 0.0169. The number of hydrazone groups is 1. The van der Waals surface area contributed by atoms with Crippen molar-refractivity contribution in [2.45, 2.75) is 13.0 Å². The first-order valence-corrected chi connectivity index (χ1v) is 8.95. The van der Waals surface area contributed by atoms with Gasteiger partial charge in [-0.15, -0.1) is 0 Å². The van der Waals surface area contributed by atoms with Crippen LogP contribution in [-0.4, -0.2) is 49.7 Å². The Morgan fingerprint density at radius 1 is 1.13 bits per heavy atom. The number of urea groups is 1. The average Bonchev–Trinajstić information content (AvgIpc) is 2.71. The number of anilines is 1. The predicted octanol–water partition coefficient (Wildman–Crippen LogP) is 1.47. The monoisotopic (exact) mass is 416 g/mol. The number of carbonyl (C=O) groups excluding carboxylic acids is 2. The summed E-state index contributed by atoms with van der Waals surface area (Å²) in [6.07, 6.45) is 0.516. The lowest BCUT2D eigenvalue weighted by atomic mass is 10.2. The van der Waals surface area contributed by atoms with Gasteiger partial charge in [0.05, 0.1) is 13.3 Å². The molecule has 0 bridgehead atoms. The van der Waals surface area contributed by atoms with E-state index in [0.29, 0.717) is 28.5 Å². The van der Waals surface area contributed by atoms with Gasteiger partial charge >= 0.3 is 6.03 Å². The van der Waals surface area contributed by atoms with Crippen LogP contribution in [0.4, 0.5) is 10.5 Å². The van der Waals surface area contributed by atoms with E-state index in [1.807, 2.05) is 0 Å². The van der Waals surface area contributed by atoms with Gasteiger partial charge in [0.2, 0.25) is 5.91 Å². The third-order valence-corrected chi connectivity index (χ3v) is 3.62. The van der Waals surface area contributed by atoms with E-state index in [1.54, 1.807) is 42.5 Å². The van der Waals surface area contributed by atoms with Gasteiger partial charge in [0.25, 0.3) is 0 Å². The molecule has 30 heavy (non-hydrogen) atoms. The van der Waals surface area contributed by atoms with Gasteiger partial charge in [0.1, 0.15) is 25.1 Å². The molecule has 3 amide bonds. The Balaban J connectivity index is 1.84. The predicted molar refractivity (Wildman–Crippen MR) is 111 cm³/mol. The Kier molecular flexibility index (Phi) is 8.45. The molecule has 0 saturated heterocycles. The first-order chi connectivity index (χ1) is 14.4. The largest absolute Gasteiger partial charge is 0.493 e. The average molecular weight is 416 g/mol. The fourth-order valence-electron chi connectivity index (χ4n) is 2.32. The first-order valence-electron chi connectivity index (χ1n) is 8.95. The standard InChI is InChI=1S/C20H24N4O6/c1-13(25)23-15-4-6-17(7-5-15)29-11-16(26)12-30-18-8-3-14(9-19(18)28-2)10-22-24-20(21)27/h3-10,16,26H,11-12H2,1-2H3,(H,23,25)(H3,21,24,27)/b22-10-/t16-/m0/s1. The fourth-order valence-corrected chi connectivity index (χ4v) is 2.32. The van der Waals surface area contributed by atoms with E-state index in [-0.39, 0.29) is 19.1 Å². The van der Waals surface area contributed by atoms with E-state index in [9.17, 15) is 14.7 Å². The molecule has 0 unspecified atom stereocenters. The van der Waals surface area contributed by atoms with Crippen molar-refractivity contribution in [3.63, 3.8) is 0 Å². The molecule has 5 N–H and O–H groups in total. The zero-order valence-electron chi connectivity index (χ0n) is 16.6. The third-order valence-electron chi connectivity index (χ3n) is 3.62. The molecule has 0 radical (unpaired) electrons. The number of rotatable bonds is 10. The normalized spacial score (nSPS) is 11.6. The van der Waals surface area contributed by atoms with Gasteiger partial charge in [-0.2, -0.15) is 5.10 Å². The van der Waals surface area contributed by atoms with Gasteiger partial charge in [0, 0.05) is 12.6 Å². The van der Waals surface area contributed by atoms with E-state index < -0.39 is 12.1 Å². The second-order valence-corrected chi connectivity index (χ2v) is 6.13. The molecule has 0 spiro atoms. The van der Waals surface area contributed by atoms with Crippen molar-refractivity contribution in [1.29, 1.82) is 0 Å². The molecule has 10 nitrogen and oxygen atoms in total. The molecule has 10 heteroatoms. The first kappa shape index (κ1) is 22.5. The van der Waals surface area contributed by atoms with E-state index in [1.165, 1.54) is 20.2 Å². The minimum atomic E-state index is -0.884. The zero-order chi connectivity index (χ0) is 21.9. The van der Waals surface area contributed by atoms with Gasteiger partial charge < -0.3 is 30.4 Å². The Bertz CT molecular complexity index is 885. The van der Waals surface area contributed by atoms with Crippen LogP contribution in [0.3, 0.4) is 0 Å². The lowest BCUT2D eigenvalue weighted by Crippen LogP contribution is -2.25. The second-order valence-electron chi connectivity index (χ2n) is 6.13. The van der Waals surface area contributed by atoms with Crippen molar-refractivity contribution in [2.75, 3.05) is 25.6 Å². The number of aliphatic hydroxyl groups is 1. The van der Waals surface area contributed by atoms with Crippen molar-refractivity contribution >= 4 is 23.8 Å². The van der Waals surface area contributed by atoms with Gasteiger partial charge in [-0.25, -0.2) is 10.2 Å². The Morgan fingerprint density at radius 2 is 1.83 bits per heavy atom. The van der Waals surface area contributed by atoms with Crippen LogP contribution in [0.5, 0.6) is 17.2 Å². The summed E-state index contributed by atoms with van der Waals surface area (Å²) >= 11 is 0. The van der Waals surface area contributed by atoms with Crippen LogP contribution < -0.4 is 30.7 Å². The van der Waals surface area contributed by atoms with E-state index in [4.69, 9.17) is 19.9 Å². The number of amides is 3. The summed E-state index contributed by atoms with van der Waals surface area (Å²) in [7, 11) is 1.48. The molecule has 2 rings (SSSR count). The van der Waals surface area contributed by atoms with E-state index in [2.05, 4.69) is 15.8 Å². The summed E-state index contributed by atoms with van der Waals surface area (Å²) < 4.78 is 16.4. The number of nitrogens with two attached hydrogens (primary N) is 1. The van der Waals surface area contributed by atoms with Crippen LogP contribution in [0.15, 0.2) is 47.6 Å². The summed E-state index contributed by atoms with van der Waals surface area (Å²) in [5.74, 6) is 1.25. The van der Waals surface area contributed by atoms with Gasteiger partial charge in [-0.3, -0.25) is 4.79 Å². The number of nitrogens with one attached hydrogen (secondary N) is 2. The number of nitrogens with zero attached hydrogens (tertiary/aromatic N) is 1. The van der Waals surface area contributed by atoms with Crippen LogP contribution in [-0.2, 0) is 4.79 Å². The van der Waals surface area contributed by atoms with Crippen LogP contribution >= 0.6 is 0 Å². The lowest BCUT2D eigenvalue weighted by molar-refractivity contribution is -0.114. The van der Waals surface area contributed by atoms with Crippen molar-refractivity contribution in [2.24, 2.45) is 10.8 Å². The highest BCUT2D eigenvalue weighted by Crippen LogP contribution is 2.27. The zero-order valence-corrected chi connectivity index (χ0v) is 16.6. The maximum Gasteiger partial charge on any atom is 0.332 e. The van der Waals surface area contributed by atoms with Gasteiger partial charge in [-0.05, 0) is 48.0 Å². The molecule has 0 aliphatic rings. The van der Waals surface area contributed by atoms with Crippen molar-refractivity contribution in [3.05, 3.63) is 48.0 Å².